The molecular formula is C27H21FN6S. The highest BCUT2D eigenvalue weighted by molar-refractivity contribution is 7.14. The number of allylic oxidation sites excluding steroid dienone is 1. The van der Waals surface area contributed by atoms with Gasteiger partial charge < -0.3 is 10.3 Å². The van der Waals surface area contributed by atoms with E-state index in [0.29, 0.717) is 0 Å². The van der Waals surface area contributed by atoms with Crippen LogP contribution >= 0.6 is 11.3 Å². The van der Waals surface area contributed by atoms with Gasteiger partial charge in [-0.3, -0.25) is 10.1 Å². The lowest BCUT2D eigenvalue weighted by Crippen LogP contribution is -1.97. The third-order valence-electron chi connectivity index (χ3n) is 5.95. The molecule has 0 spiro atoms. The van der Waals surface area contributed by atoms with E-state index in [1.807, 2.05) is 49.4 Å². The van der Waals surface area contributed by atoms with Gasteiger partial charge in [-0.25, -0.2) is 4.98 Å². The van der Waals surface area contributed by atoms with Crippen molar-refractivity contribution in [1.82, 2.24) is 25.1 Å². The van der Waals surface area contributed by atoms with Crippen LogP contribution in [-0.2, 0) is 0 Å². The lowest BCUT2D eigenvalue weighted by molar-refractivity contribution is 0.657. The summed E-state index contributed by atoms with van der Waals surface area (Å²) in [5, 5.41) is 11.7. The summed E-state index contributed by atoms with van der Waals surface area (Å²) in [4.78, 5) is 13.6. The highest BCUT2D eigenvalue weighted by Crippen LogP contribution is 2.36. The van der Waals surface area contributed by atoms with Crippen LogP contribution < -0.4 is 5.32 Å². The zero-order valence-corrected chi connectivity index (χ0v) is 19.7. The number of pyridine rings is 2. The summed E-state index contributed by atoms with van der Waals surface area (Å²) < 4.78 is 13.7. The Bertz CT molecular complexity index is 1710. The van der Waals surface area contributed by atoms with E-state index >= 15 is 0 Å². The summed E-state index contributed by atoms with van der Waals surface area (Å²) in [6, 6.07) is 17.3. The lowest BCUT2D eigenvalue weighted by Gasteiger charge is -2.08. The average Bonchev–Trinajstić information content (AvgIpc) is 3.61. The van der Waals surface area contributed by atoms with Crippen LogP contribution in [0.25, 0.3) is 55.0 Å². The molecule has 0 unspecified atom stereocenters. The number of nitrogens with one attached hydrogen (secondary N) is 3. The number of rotatable bonds is 6. The molecule has 0 aliphatic rings. The van der Waals surface area contributed by atoms with E-state index in [9.17, 15) is 4.39 Å². The molecule has 0 atom stereocenters. The maximum absolute atomic E-state index is 13.7. The van der Waals surface area contributed by atoms with Crippen LogP contribution in [-0.4, -0.2) is 25.1 Å². The fraction of sp³-hybridized carbons (Fsp3) is 0.0741. The van der Waals surface area contributed by atoms with E-state index in [-0.39, 0.29) is 5.13 Å². The molecule has 0 fully saturated rings. The molecule has 8 heteroatoms. The van der Waals surface area contributed by atoms with Gasteiger partial charge in [0.1, 0.15) is 11.2 Å². The highest BCUT2D eigenvalue weighted by Gasteiger charge is 2.16. The van der Waals surface area contributed by atoms with Crippen LogP contribution in [0.4, 0.5) is 10.1 Å². The maximum Gasteiger partial charge on any atom is 0.176 e. The minimum absolute atomic E-state index is 0.199. The number of benzene rings is 1. The van der Waals surface area contributed by atoms with Gasteiger partial charge in [-0.1, -0.05) is 25.6 Å². The van der Waals surface area contributed by atoms with Crippen LogP contribution in [0.15, 0.2) is 79.3 Å². The Kier molecular flexibility index (Phi) is 5.15. The smallest absolute Gasteiger partial charge is 0.176 e. The lowest BCUT2D eigenvalue weighted by atomic mass is 10.1. The number of nitrogens with zero attached hydrogens (tertiary/aromatic N) is 3. The van der Waals surface area contributed by atoms with Crippen molar-refractivity contribution in [3.63, 3.8) is 0 Å². The summed E-state index contributed by atoms with van der Waals surface area (Å²) in [6.07, 6.45) is 4.40. The van der Waals surface area contributed by atoms with Crippen molar-refractivity contribution < 1.29 is 4.39 Å². The molecule has 0 saturated heterocycles. The zero-order valence-electron chi connectivity index (χ0n) is 18.9. The molecule has 0 amide bonds. The first-order valence-corrected chi connectivity index (χ1v) is 12.0. The van der Waals surface area contributed by atoms with Crippen LogP contribution in [0.1, 0.15) is 13.3 Å². The van der Waals surface area contributed by atoms with Crippen LogP contribution in [0, 0.1) is 5.13 Å². The minimum Gasteiger partial charge on any atom is -0.358 e. The largest absolute Gasteiger partial charge is 0.358 e. The van der Waals surface area contributed by atoms with Crippen molar-refractivity contribution in [2.24, 2.45) is 0 Å². The Morgan fingerprint density at radius 2 is 2.00 bits per heavy atom. The van der Waals surface area contributed by atoms with Gasteiger partial charge in [-0.2, -0.15) is 9.49 Å². The first-order chi connectivity index (χ1) is 17.1. The maximum atomic E-state index is 13.7. The number of halogens is 1. The van der Waals surface area contributed by atoms with Gasteiger partial charge in [0.2, 0.25) is 0 Å². The summed E-state index contributed by atoms with van der Waals surface area (Å²) in [5.74, 6) is 0. The number of aromatic amines is 2. The average molecular weight is 481 g/mol. The Hall–Kier alpha value is -4.30. The topological polar surface area (TPSA) is 82.3 Å². The van der Waals surface area contributed by atoms with E-state index in [4.69, 9.17) is 4.98 Å². The van der Waals surface area contributed by atoms with Crippen LogP contribution in [0.3, 0.4) is 0 Å². The minimum atomic E-state index is -0.199. The van der Waals surface area contributed by atoms with Crippen LogP contribution in [0.2, 0.25) is 0 Å². The van der Waals surface area contributed by atoms with Crippen molar-refractivity contribution in [3.8, 4) is 33.1 Å². The second-order valence-electron chi connectivity index (χ2n) is 8.26. The van der Waals surface area contributed by atoms with E-state index in [0.717, 1.165) is 84.2 Å². The van der Waals surface area contributed by atoms with E-state index in [1.54, 1.807) is 12.4 Å². The van der Waals surface area contributed by atoms with E-state index < -0.39 is 0 Å². The molecule has 6 nitrogen and oxygen atoms in total. The van der Waals surface area contributed by atoms with Crippen LogP contribution in [0.5, 0.6) is 0 Å². The highest BCUT2D eigenvalue weighted by atomic mass is 32.1. The van der Waals surface area contributed by atoms with Gasteiger partial charge >= 0.3 is 0 Å². The Morgan fingerprint density at radius 1 is 1.09 bits per heavy atom. The molecule has 0 aliphatic heterocycles. The molecule has 172 valence electrons. The molecule has 1 aromatic carbocycles. The first kappa shape index (κ1) is 21.2. The fourth-order valence-corrected chi connectivity index (χ4v) is 4.92. The Balaban J connectivity index is 1.43. The van der Waals surface area contributed by atoms with Gasteiger partial charge in [-0.05, 0) is 48.9 Å². The zero-order chi connectivity index (χ0) is 23.9. The van der Waals surface area contributed by atoms with Gasteiger partial charge in [0.05, 0.1) is 28.8 Å². The Labute approximate surface area is 204 Å². The second-order valence-corrected chi connectivity index (χ2v) is 9.30. The molecule has 3 N–H and O–H groups in total. The number of anilines is 1. The standard InChI is InChI=1S/C27H21FN6S/c1-3-15(2)30-17-11-16(13-29-14-17)20-7-8-22-26(32-20)27(34-33-22)23-12-19-18(5-4-6-21(19)31-23)24-9-10-25(28)35-24/h4-14,30-31H,2-3H2,1H3,(H,33,34). The summed E-state index contributed by atoms with van der Waals surface area (Å²) in [7, 11) is 0. The first-order valence-electron chi connectivity index (χ1n) is 11.2. The SMILES string of the molecule is C=C(CC)Nc1cncc(-c2ccc3[nH]nc(-c4cc5c(-c6ccc(F)s6)cccc5[nH]4)c3n2)c1. The summed E-state index contributed by atoms with van der Waals surface area (Å²) in [5.41, 5.74) is 8.59. The predicted octanol–water partition coefficient (Wildman–Crippen LogP) is 7.37. The number of fused-ring (bicyclic) bond motifs is 2. The molecule has 5 aromatic heterocycles. The third-order valence-corrected chi connectivity index (χ3v) is 6.85. The molecule has 6 rings (SSSR count). The monoisotopic (exact) mass is 480 g/mol. The third kappa shape index (κ3) is 3.87. The molecule has 0 radical (unpaired) electrons. The molecule has 35 heavy (non-hydrogen) atoms. The van der Waals surface area contributed by atoms with Gasteiger partial charge in [0, 0.05) is 38.8 Å². The van der Waals surface area contributed by atoms with Gasteiger partial charge in [0.15, 0.2) is 5.13 Å². The van der Waals surface area contributed by atoms with Crippen molar-refractivity contribution in [3.05, 3.63) is 84.4 Å². The van der Waals surface area contributed by atoms with E-state index in [2.05, 4.69) is 38.1 Å². The number of aromatic nitrogens is 5. The van der Waals surface area contributed by atoms with Crippen molar-refractivity contribution >= 4 is 39.0 Å². The second kappa shape index (κ2) is 8.48. The van der Waals surface area contributed by atoms with Crippen molar-refractivity contribution in [1.29, 1.82) is 0 Å². The molecular weight excluding hydrogens is 459 g/mol. The molecule has 5 heterocycles. The Morgan fingerprint density at radius 3 is 2.83 bits per heavy atom. The molecule has 0 bridgehead atoms. The van der Waals surface area contributed by atoms with Gasteiger partial charge in [0.25, 0.3) is 0 Å². The van der Waals surface area contributed by atoms with Crippen molar-refractivity contribution in [2.75, 3.05) is 5.32 Å². The quantitative estimate of drug-likeness (QED) is 0.232. The normalized spacial score (nSPS) is 11.4. The van der Waals surface area contributed by atoms with Gasteiger partial charge in [-0.15, -0.1) is 11.3 Å². The fourth-order valence-electron chi connectivity index (χ4n) is 4.15. The summed E-state index contributed by atoms with van der Waals surface area (Å²) in [6.45, 7) is 6.06. The van der Waals surface area contributed by atoms with E-state index in [1.165, 1.54) is 6.07 Å². The predicted molar refractivity (Wildman–Crippen MR) is 141 cm³/mol. The summed E-state index contributed by atoms with van der Waals surface area (Å²) >= 11 is 1.14. The molecule has 0 aliphatic carbocycles. The molecule has 0 saturated carbocycles. The molecule has 6 aromatic rings. The number of H-pyrrole nitrogens is 2. The number of hydrogen-bond donors (Lipinski definition) is 3. The number of thiophene rings is 1. The van der Waals surface area contributed by atoms with Crippen molar-refractivity contribution in [2.45, 2.75) is 13.3 Å². The number of hydrogen-bond acceptors (Lipinski definition) is 5.